The van der Waals surface area contributed by atoms with Crippen LogP contribution in [0.1, 0.15) is 74.4 Å². The Hall–Kier alpha value is -3.73. The van der Waals surface area contributed by atoms with Crippen molar-refractivity contribution in [2.24, 2.45) is 5.92 Å². The summed E-state index contributed by atoms with van der Waals surface area (Å²) in [5, 5.41) is 21.1. The second-order valence-electron chi connectivity index (χ2n) is 10.0. The van der Waals surface area contributed by atoms with Crippen LogP contribution < -0.4 is 21.3 Å². The fourth-order valence-electron chi connectivity index (χ4n) is 4.18. The van der Waals surface area contributed by atoms with Gasteiger partial charge in [-0.1, -0.05) is 44.2 Å². The summed E-state index contributed by atoms with van der Waals surface area (Å²) in [6, 6.07) is 6.72. The van der Waals surface area contributed by atoms with E-state index in [2.05, 4.69) is 26.3 Å². The zero-order chi connectivity index (χ0) is 27.7. The van der Waals surface area contributed by atoms with E-state index in [-0.39, 0.29) is 36.4 Å². The van der Waals surface area contributed by atoms with Crippen molar-refractivity contribution in [1.29, 1.82) is 0 Å². The van der Waals surface area contributed by atoms with Crippen molar-refractivity contribution >= 4 is 23.6 Å². The molecule has 3 rings (SSSR count). The number of fused-ring (bicyclic) bond motifs is 2. The Kier molecular flexibility index (Phi) is 10.4. The average molecular weight is 528 g/mol. The van der Waals surface area contributed by atoms with Gasteiger partial charge < -0.3 is 30.8 Å². The summed E-state index contributed by atoms with van der Waals surface area (Å²) in [5.41, 5.74) is 0.808. The van der Waals surface area contributed by atoms with Crippen LogP contribution in [-0.4, -0.2) is 58.5 Å². The van der Waals surface area contributed by atoms with Crippen molar-refractivity contribution < 1.29 is 28.7 Å². The molecule has 0 aliphatic carbocycles. The second-order valence-corrected chi connectivity index (χ2v) is 10.0. The van der Waals surface area contributed by atoms with Gasteiger partial charge in [0.15, 0.2) is 5.69 Å². The molecule has 11 heteroatoms. The first-order valence-corrected chi connectivity index (χ1v) is 13.0. The summed E-state index contributed by atoms with van der Waals surface area (Å²) in [5.74, 6) is -1.62. The monoisotopic (exact) mass is 527 g/mol. The fraction of sp³-hybridized carbons (Fsp3) is 0.519. The number of aromatic nitrogens is 1. The summed E-state index contributed by atoms with van der Waals surface area (Å²) in [6.07, 6.45) is 2.05. The average Bonchev–Trinajstić information content (AvgIpc) is 3.35. The van der Waals surface area contributed by atoms with Crippen molar-refractivity contribution in [3.05, 3.63) is 53.7 Å². The van der Waals surface area contributed by atoms with E-state index >= 15 is 0 Å². The van der Waals surface area contributed by atoms with Crippen LogP contribution in [0.25, 0.3) is 0 Å². The SMILES string of the molecule is CC(C)CC(=O)N[C@H]1CCCCNC(=O)[C@H]([C@@H](C)O)NC(=O)c2coc(n2)[C@H](Cc2ccccc2)NC1=O. The van der Waals surface area contributed by atoms with E-state index in [1.165, 1.54) is 6.92 Å². The van der Waals surface area contributed by atoms with Crippen molar-refractivity contribution in [3.63, 3.8) is 0 Å². The zero-order valence-corrected chi connectivity index (χ0v) is 22.0. The first-order valence-electron chi connectivity index (χ1n) is 13.0. The van der Waals surface area contributed by atoms with Crippen LogP contribution in [0.5, 0.6) is 0 Å². The van der Waals surface area contributed by atoms with Crippen molar-refractivity contribution in [1.82, 2.24) is 26.3 Å². The topological polar surface area (TPSA) is 163 Å². The number of aliphatic hydroxyl groups excluding tert-OH is 1. The smallest absolute Gasteiger partial charge is 0.273 e. The summed E-state index contributed by atoms with van der Waals surface area (Å²) in [6.45, 7) is 5.53. The normalized spacial score (nSPS) is 22.2. The van der Waals surface area contributed by atoms with Crippen LogP contribution in [0, 0.1) is 5.92 Å². The number of nitrogens with zero attached hydrogens (tertiary/aromatic N) is 1. The van der Waals surface area contributed by atoms with Gasteiger partial charge in [-0.3, -0.25) is 19.2 Å². The number of benzene rings is 1. The first-order chi connectivity index (χ1) is 18.1. The largest absolute Gasteiger partial charge is 0.446 e. The molecule has 0 saturated heterocycles. The molecule has 4 amide bonds. The lowest BCUT2D eigenvalue weighted by molar-refractivity contribution is -0.130. The highest BCUT2D eigenvalue weighted by Gasteiger charge is 2.30. The minimum absolute atomic E-state index is 0.0976. The van der Waals surface area contributed by atoms with E-state index in [4.69, 9.17) is 4.42 Å². The Balaban J connectivity index is 1.92. The number of rotatable bonds is 6. The third-order valence-corrected chi connectivity index (χ3v) is 6.17. The second kappa shape index (κ2) is 13.7. The van der Waals surface area contributed by atoms with Gasteiger partial charge in [-0.05, 0) is 37.7 Å². The Labute approximate surface area is 222 Å². The number of hydrogen-bond acceptors (Lipinski definition) is 7. The van der Waals surface area contributed by atoms with Crippen LogP contribution in [0.2, 0.25) is 0 Å². The lowest BCUT2D eigenvalue weighted by Gasteiger charge is -2.23. The van der Waals surface area contributed by atoms with Gasteiger partial charge >= 0.3 is 0 Å². The number of aliphatic hydroxyl groups is 1. The molecule has 1 aromatic heterocycles. The summed E-state index contributed by atoms with van der Waals surface area (Å²) < 4.78 is 5.60. The maximum absolute atomic E-state index is 13.4. The number of oxazole rings is 1. The molecule has 0 fully saturated rings. The van der Waals surface area contributed by atoms with E-state index in [1.807, 2.05) is 44.2 Å². The summed E-state index contributed by atoms with van der Waals surface area (Å²) in [7, 11) is 0. The third-order valence-electron chi connectivity index (χ3n) is 6.17. The van der Waals surface area contributed by atoms with Gasteiger partial charge in [0.25, 0.3) is 5.91 Å². The third kappa shape index (κ3) is 8.41. The Morgan fingerprint density at radius 3 is 2.53 bits per heavy atom. The fourth-order valence-corrected chi connectivity index (χ4v) is 4.18. The van der Waals surface area contributed by atoms with Gasteiger partial charge in [-0.15, -0.1) is 0 Å². The number of amides is 4. The molecule has 0 radical (unpaired) electrons. The standard InChI is InChI=1S/C27H37N5O6/c1-16(2)13-22(34)29-19-11-7-8-12-28-26(37)23(17(3)33)32-25(36)21-15-38-27(31-21)20(30-24(19)35)14-18-9-5-4-6-10-18/h4-6,9-10,15-17,19-20,23,33H,7-8,11-14H2,1-3H3,(H,28,37)(H,29,34)(H,30,35)(H,32,36)/t17-,19+,20+,23+/m1/s1. The molecule has 2 bridgehead atoms. The molecule has 0 spiro atoms. The number of nitrogens with one attached hydrogen (secondary N) is 4. The molecule has 38 heavy (non-hydrogen) atoms. The quantitative estimate of drug-likeness (QED) is 0.379. The summed E-state index contributed by atoms with van der Waals surface area (Å²) in [4.78, 5) is 55.7. The highest BCUT2D eigenvalue weighted by molar-refractivity contribution is 5.96. The lowest BCUT2D eigenvalue weighted by Crippen LogP contribution is -2.52. The van der Waals surface area contributed by atoms with Crippen LogP contribution >= 0.6 is 0 Å². The highest BCUT2D eigenvalue weighted by Crippen LogP contribution is 2.20. The van der Waals surface area contributed by atoms with Gasteiger partial charge in [-0.2, -0.15) is 0 Å². The molecule has 206 valence electrons. The number of hydrogen-bond donors (Lipinski definition) is 5. The van der Waals surface area contributed by atoms with E-state index in [1.54, 1.807) is 0 Å². The minimum Gasteiger partial charge on any atom is -0.446 e. The van der Waals surface area contributed by atoms with Crippen molar-refractivity contribution in [3.8, 4) is 0 Å². The maximum Gasteiger partial charge on any atom is 0.273 e. The molecular weight excluding hydrogens is 490 g/mol. The maximum atomic E-state index is 13.4. The predicted octanol–water partition coefficient (Wildman–Crippen LogP) is 1.38. The molecular formula is C27H37N5O6. The highest BCUT2D eigenvalue weighted by atomic mass is 16.3. The van der Waals surface area contributed by atoms with Gasteiger partial charge in [0.2, 0.25) is 23.6 Å². The van der Waals surface area contributed by atoms with Crippen molar-refractivity contribution in [2.45, 2.75) is 77.1 Å². The molecule has 0 unspecified atom stereocenters. The molecule has 1 aliphatic rings. The minimum atomic E-state index is -1.18. The zero-order valence-electron chi connectivity index (χ0n) is 22.0. The molecule has 2 heterocycles. The number of carbonyl (C=O) groups excluding carboxylic acids is 4. The van der Waals surface area contributed by atoms with E-state index in [0.717, 1.165) is 11.8 Å². The lowest BCUT2D eigenvalue weighted by atomic mass is 10.0. The Bertz CT molecular complexity index is 1100. The molecule has 2 aromatic rings. The van der Waals surface area contributed by atoms with Crippen LogP contribution in [-0.2, 0) is 20.8 Å². The predicted molar refractivity (Wildman–Crippen MR) is 139 cm³/mol. The molecule has 4 atom stereocenters. The van der Waals surface area contributed by atoms with E-state index < -0.39 is 42.0 Å². The summed E-state index contributed by atoms with van der Waals surface area (Å²) >= 11 is 0. The van der Waals surface area contributed by atoms with Gasteiger partial charge in [0.1, 0.15) is 24.4 Å². The van der Waals surface area contributed by atoms with Crippen molar-refractivity contribution in [2.75, 3.05) is 6.54 Å². The van der Waals surface area contributed by atoms with Crippen LogP contribution in [0.3, 0.4) is 0 Å². The molecule has 0 saturated carbocycles. The van der Waals surface area contributed by atoms with E-state index in [9.17, 15) is 24.3 Å². The van der Waals surface area contributed by atoms with Gasteiger partial charge in [-0.25, -0.2) is 4.98 Å². The Morgan fingerprint density at radius 2 is 1.84 bits per heavy atom. The van der Waals surface area contributed by atoms with E-state index in [0.29, 0.717) is 25.7 Å². The molecule has 11 nitrogen and oxygen atoms in total. The van der Waals surface area contributed by atoms with Gasteiger partial charge in [0.05, 0.1) is 6.10 Å². The molecule has 1 aromatic carbocycles. The van der Waals surface area contributed by atoms with Gasteiger partial charge in [0, 0.05) is 19.4 Å². The number of carbonyl (C=O) groups is 4. The molecule has 5 N–H and O–H groups in total. The Morgan fingerprint density at radius 1 is 1.11 bits per heavy atom. The first kappa shape index (κ1) is 28.8. The molecule has 1 aliphatic heterocycles. The van der Waals surface area contributed by atoms with Crippen LogP contribution in [0.4, 0.5) is 0 Å². The van der Waals surface area contributed by atoms with Crippen LogP contribution in [0.15, 0.2) is 41.0 Å².